The predicted octanol–water partition coefficient (Wildman–Crippen LogP) is 1.67. The topological polar surface area (TPSA) is 56.1 Å². The molecule has 0 amide bonds. The van der Waals surface area contributed by atoms with Gasteiger partial charge in [0.2, 0.25) is 0 Å². The summed E-state index contributed by atoms with van der Waals surface area (Å²) in [6, 6.07) is 4.60. The molecule has 6 nitrogen and oxygen atoms in total. The Kier molecular flexibility index (Phi) is 3.54. The number of ether oxygens (including phenoxy) is 1. The van der Waals surface area contributed by atoms with Gasteiger partial charge < -0.3 is 9.64 Å². The van der Waals surface area contributed by atoms with E-state index in [0.29, 0.717) is 12.0 Å². The summed E-state index contributed by atoms with van der Waals surface area (Å²) in [5.41, 5.74) is 2.32. The van der Waals surface area contributed by atoms with Gasteiger partial charge in [-0.05, 0) is 31.9 Å². The fraction of sp³-hybridized carbons (Fsp3) is 0.562. The van der Waals surface area contributed by atoms with Crippen LogP contribution in [0.2, 0.25) is 0 Å². The predicted molar refractivity (Wildman–Crippen MR) is 82.6 cm³/mol. The number of nitrogens with zero attached hydrogens (tertiary/aromatic N) is 5. The summed E-state index contributed by atoms with van der Waals surface area (Å²) in [4.78, 5) is 6.73. The van der Waals surface area contributed by atoms with Crippen LogP contribution >= 0.6 is 0 Å². The standard InChI is InChI=1S/C16H21N5O/c1-12-9-18-19-21(12)11-13-4-5-15-16(13)22-8-7-20(15)14-3-2-6-17-10-14/h2-3,6,9-10,13,15-16H,4-5,7-8,11H2,1H3/t13-,15-,16+/m0/s1. The van der Waals surface area contributed by atoms with E-state index in [1.165, 1.54) is 12.1 Å². The Morgan fingerprint density at radius 2 is 2.27 bits per heavy atom. The maximum atomic E-state index is 6.13. The molecule has 3 heterocycles. The first-order valence-corrected chi connectivity index (χ1v) is 7.96. The minimum atomic E-state index is 0.276. The third-order valence-electron chi connectivity index (χ3n) is 4.92. The molecule has 3 atom stereocenters. The average Bonchev–Trinajstić information content (AvgIpc) is 3.16. The van der Waals surface area contributed by atoms with Crippen LogP contribution in [-0.2, 0) is 11.3 Å². The number of anilines is 1. The molecule has 2 aliphatic rings. The quantitative estimate of drug-likeness (QED) is 0.863. The molecule has 4 rings (SSSR count). The highest BCUT2D eigenvalue weighted by Gasteiger charge is 2.43. The number of aryl methyl sites for hydroxylation is 1. The van der Waals surface area contributed by atoms with Gasteiger partial charge in [-0.25, -0.2) is 4.68 Å². The van der Waals surface area contributed by atoms with Gasteiger partial charge in [0.15, 0.2) is 0 Å². The summed E-state index contributed by atoms with van der Waals surface area (Å²) in [5.74, 6) is 0.505. The number of pyridine rings is 1. The third kappa shape index (κ3) is 2.37. The number of fused-ring (bicyclic) bond motifs is 1. The fourth-order valence-corrected chi connectivity index (χ4v) is 3.81. The number of hydrogen-bond donors (Lipinski definition) is 0. The Morgan fingerprint density at radius 3 is 3.05 bits per heavy atom. The Balaban J connectivity index is 1.52. The molecule has 1 saturated heterocycles. The minimum absolute atomic E-state index is 0.276. The van der Waals surface area contributed by atoms with Crippen LogP contribution in [0.4, 0.5) is 5.69 Å². The zero-order chi connectivity index (χ0) is 14.9. The summed E-state index contributed by atoms with van der Waals surface area (Å²) in [7, 11) is 0. The molecule has 6 heteroatoms. The van der Waals surface area contributed by atoms with Crippen LogP contribution < -0.4 is 4.90 Å². The average molecular weight is 299 g/mol. The molecule has 116 valence electrons. The molecule has 1 aliphatic carbocycles. The van der Waals surface area contributed by atoms with Crippen molar-refractivity contribution >= 4 is 5.69 Å². The van der Waals surface area contributed by atoms with Gasteiger partial charge in [0.1, 0.15) is 0 Å². The molecule has 22 heavy (non-hydrogen) atoms. The lowest BCUT2D eigenvalue weighted by Gasteiger charge is -2.40. The van der Waals surface area contributed by atoms with Gasteiger partial charge in [0, 0.05) is 25.2 Å². The largest absolute Gasteiger partial charge is 0.374 e. The molecule has 0 N–H and O–H groups in total. The summed E-state index contributed by atoms with van der Waals surface area (Å²) in [6.07, 6.45) is 8.21. The molecule has 2 aromatic rings. The zero-order valence-electron chi connectivity index (χ0n) is 12.8. The second kappa shape index (κ2) is 5.68. The Hall–Kier alpha value is -1.95. The first-order valence-electron chi connectivity index (χ1n) is 7.96. The Morgan fingerprint density at radius 1 is 1.32 bits per heavy atom. The molecule has 2 fully saturated rings. The van der Waals surface area contributed by atoms with E-state index in [4.69, 9.17) is 4.74 Å². The molecule has 0 radical (unpaired) electrons. The van der Waals surface area contributed by atoms with E-state index in [2.05, 4.69) is 33.2 Å². The van der Waals surface area contributed by atoms with E-state index in [1.807, 2.05) is 29.3 Å². The van der Waals surface area contributed by atoms with Gasteiger partial charge >= 0.3 is 0 Å². The molecule has 0 aromatic carbocycles. The third-order valence-corrected chi connectivity index (χ3v) is 4.92. The van der Waals surface area contributed by atoms with Crippen LogP contribution in [0.15, 0.2) is 30.7 Å². The van der Waals surface area contributed by atoms with Crippen molar-refractivity contribution in [1.29, 1.82) is 0 Å². The molecule has 2 aromatic heterocycles. The van der Waals surface area contributed by atoms with Gasteiger partial charge in [0.05, 0.1) is 42.5 Å². The highest BCUT2D eigenvalue weighted by molar-refractivity contribution is 5.46. The van der Waals surface area contributed by atoms with Crippen molar-refractivity contribution in [2.75, 3.05) is 18.1 Å². The number of rotatable bonds is 3. The zero-order valence-corrected chi connectivity index (χ0v) is 12.8. The second-order valence-electron chi connectivity index (χ2n) is 6.20. The highest BCUT2D eigenvalue weighted by atomic mass is 16.5. The van der Waals surface area contributed by atoms with Crippen molar-refractivity contribution in [1.82, 2.24) is 20.0 Å². The van der Waals surface area contributed by atoms with Crippen LogP contribution in [0, 0.1) is 12.8 Å². The van der Waals surface area contributed by atoms with Crippen molar-refractivity contribution < 1.29 is 4.74 Å². The van der Waals surface area contributed by atoms with Crippen LogP contribution in [0.25, 0.3) is 0 Å². The minimum Gasteiger partial charge on any atom is -0.374 e. The number of aromatic nitrogens is 4. The van der Waals surface area contributed by atoms with E-state index in [1.54, 1.807) is 0 Å². The first-order chi connectivity index (χ1) is 10.8. The van der Waals surface area contributed by atoms with E-state index >= 15 is 0 Å². The molecule has 0 unspecified atom stereocenters. The first kappa shape index (κ1) is 13.7. The lowest BCUT2D eigenvalue weighted by molar-refractivity contribution is -0.00660. The maximum Gasteiger partial charge on any atom is 0.0824 e. The number of hydrogen-bond acceptors (Lipinski definition) is 5. The molecule has 1 saturated carbocycles. The van der Waals surface area contributed by atoms with E-state index in [-0.39, 0.29) is 6.10 Å². The van der Waals surface area contributed by atoms with Crippen LogP contribution in [-0.4, -0.2) is 45.3 Å². The molecular weight excluding hydrogens is 278 g/mol. The van der Waals surface area contributed by atoms with Crippen LogP contribution in [0.3, 0.4) is 0 Å². The maximum absolute atomic E-state index is 6.13. The van der Waals surface area contributed by atoms with Crippen molar-refractivity contribution in [2.24, 2.45) is 5.92 Å². The molecule has 0 spiro atoms. The lowest BCUT2D eigenvalue weighted by atomic mass is 10.0. The van der Waals surface area contributed by atoms with Crippen LogP contribution in [0.5, 0.6) is 0 Å². The fourth-order valence-electron chi connectivity index (χ4n) is 3.81. The monoisotopic (exact) mass is 299 g/mol. The Labute approximate surface area is 130 Å². The van der Waals surface area contributed by atoms with Crippen molar-refractivity contribution in [3.63, 3.8) is 0 Å². The summed E-state index contributed by atoms with van der Waals surface area (Å²) >= 11 is 0. The molecule has 1 aliphatic heterocycles. The van der Waals surface area contributed by atoms with Crippen molar-refractivity contribution in [2.45, 2.75) is 38.5 Å². The summed E-state index contributed by atoms with van der Waals surface area (Å²) in [5, 5.41) is 8.17. The van der Waals surface area contributed by atoms with Gasteiger partial charge in [-0.2, -0.15) is 0 Å². The van der Waals surface area contributed by atoms with E-state index < -0.39 is 0 Å². The SMILES string of the molecule is Cc1cnnn1C[C@@H]1CC[C@H]2[C@@H]1OCCN2c1cccnc1. The lowest BCUT2D eigenvalue weighted by Crippen LogP contribution is -2.50. The van der Waals surface area contributed by atoms with Gasteiger partial charge in [-0.15, -0.1) is 5.10 Å². The molecular formula is C16H21N5O. The van der Waals surface area contributed by atoms with Gasteiger partial charge in [-0.1, -0.05) is 5.21 Å². The van der Waals surface area contributed by atoms with Crippen molar-refractivity contribution in [3.8, 4) is 0 Å². The van der Waals surface area contributed by atoms with E-state index in [0.717, 1.165) is 31.8 Å². The summed E-state index contributed by atoms with van der Waals surface area (Å²) in [6.45, 7) is 4.68. The highest BCUT2D eigenvalue weighted by Crippen LogP contribution is 2.37. The normalized spacial score (nSPS) is 27.9. The van der Waals surface area contributed by atoms with Gasteiger partial charge in [0.25, 0.3) is 0 Å². The van der Waals surface area contributed by atoms with E-state index in [9.17, 15) is 0 Å². The van der Waals surface area contributed by atoms with Crippen LogP contribution in [0.1, 0.15) is 18.5 Å². The van der Waals surface area contributed by atoms with Gasteiger partial charge in [-0.3, -0.25) is 4.98 Å². The van der Waals surface area contributed by atoms with Crippen molar-refractivity contribution in [3.05, 3.63) is 36.4 Å². The second-order valence-corrected chi connectivity index (χ2v) is 6.20. The Bertz CT molecular complexity index is 628. The smallest absolute Gasteiger partial charge is 0.0824 e. The summed E-state index contributed by atoms with van der Waals surface area (Å²) < 4.78 is 8.13. The molecule has 0 bridgehead atoms. The number of morpholine rings is 1.